The molecule has 1 aromatic carbocycles. The van der Waals surface area contributed by atoms with Crippen molar-refractivity contribution >= 4 is 11.4 Å². The number of hydrogen-bond donors (Lipinski definition) is 1. The van der Waals surface area contributed by atoms with Crippen molar-refractivity contribution in [2.75, 3.05) is 11.4 Å². The van der Waals surface area contributed by atoms with Crippen LogP contribution in [0.5, 0.6) is 0 Å². The Morgan fingerprint density at radius 1 is 1.05 bits per heavy atom. The van der Waals surface area contributed by atoms with Gasteiger partial charge in [0.15, 0.2) is 0 Å². The molecular weight excluding hydrogens is 236 g/mol. The van der Waals surface area contributed by atoms with Gasteiger partial charge in [-0.05, 0) is 37.6 Å². The number of aromatic nitrogens is 1. The van der Waals surface area contributed by atoms with Gasteiger partial charge in [-0.15, -0.1) is 0 Å². The standard InChI is InChI=1S/C16H20N2O/c1-3-16(19)15-11-10-14(12-17-15)18(4-2)13-8-6-5-7-9-13/h5-12,16,19H,3-4H2,1-2H3/t16-/m0/s1. The van der Waals surface area contributed by atoms with Crippen LogP contribution in [0.2, 0.25) is 0 Å². The van der Waals surface area contributed by atoms with Gasteiger partial charge in [0, 0.05) is 12.2 Å². The summed E-state index contributed by atoms with van der Waals surface area (Å²) in [6.45, 7) is 4.94. The quantitative estimate of drug-likeness (QED) is 0.886. The highest BCUT2D eigenvalue weighted by molar-refractivity contribution is 5.62. The van der Waals surface area contributed by atoms with E-state index in [4.69, 9.17) is 0 Å². The third-order valence-electron chi connectivity index (χ3n) is 3.19. The van der Waals surface area contributed by atoms with Gasteiger partial charge < -0.3 is 10.0 Å². The highest BCUT2D eigenvalue weighted by Gasteiger charge is 2.09. The highest BCUT2D eigenvalue weighted by Crippen LogP contribution is 2.25. The van der Waals surface area contributed by atoms with Crippen molar-refractivity contribution in [3.8, 4) is 0 Å². The van der Waals surface area contributed by atoms with E-state index in [0.29, 0.717) is 6.42 Å². The third-order valence-corrected chi connectivity index (χ3v) is 3.19. The van der Waals surface area contributed by atoms with Crippen molar-refractivity contribution in [3.63, 3.8) is 0 Å². The summed E-state index contributed by atoms with van der Waals surface area (Å²) in [6.07, 6.45) is 2.04. The molecule has 0 saturated heterocycles. The van der Waals surface area contributed by atoms with Crippen molar-refractivity contribution in [2.45, 2.75) is 26.4 Å². The number of rotatable bonds is 5. The second-order valence-corrected chi connectivity index (χ2v) is 4.45. The average Bonchev–Trinajstić information content (AvgIpc) is 2.49. The number of benzene rings is 1. The smallest absolute Gasteiger partial charge is 0.0957 e. The fraction of sp³-hybridized carbons (Fsp3) is 0.312. The first-order chi connectivity index (χ1) is 9.26. The Bertz CT molecular complexity index is 496. The molecular formula is C16H20N2O. The molecule has 1 aromatic heterocycles. The second kappa shape index (κ2) is 6.34. The molecule has 3 heteroatoms. The van der Waals surface area contributed by atoms with Crippen LogP contribution in [0.4, 0.5) is 11.4 Å². The predicted octanol–water partition coefficient (Wildman–Crippen LogP) is 3.68. The van der Waals surface area contributed by atoms with E-state index in [0.717, 1.165) is 23.6 Å². The zero-order valence-corrected chi connectivity index (χ0v) is 11.5. The van der Waals surface area contributed by atoms with Crippen LogP contribution in [-0.4, -0.2) is 16.6 Å². The minimum Gasteiger partial charge on any atom is -0.387 e. The monoisotopic (exact) mass is 256 g/mol. The molecule has 3 nitrogen and oxygen atoms in total. The molecule has 0 radical (unpaired) electrons. The van der Waals surface area contributed by atoms with Crippen LogP contribution in [0.1, 0.15) is 32.1 Å². The lowest BCUT2D eigenvalue weighted by atomic mass is 10.2. The van der Waals surface area contributed by atoms with Crippen molar-refractivity contribution in [1.29, 1.82) is 0 Å². The van der Waals surface area contributed by atoms with Crippen LogP contribution in [0.15, 0.2) is 48.7 Å². The molecule has 1 N–H and O–H groups in total. The van der Waals surface area contributed by atoms with E-state index >= 15 is 0 Å². The van der Waals surface area contributed by atoms with Crippen molar-refractivity contribution < 1.29 is 5.11 Å². The lowest BCUT2D eigenvalue weighted by Crippen LogP contribution is -2.16. The maximum Gasteiger partial charge on any atom is 0.0957 e. The topological polar surface area (TPSA) is 36.4 Å². The van der Waals surface area contributed by atoms with Crippen molar-refractivity contribution in [3.05, 3.63) is 54.4 Å². The Morgan fingerprint density at radius 2 is 1.79 bits per heavy atom. The summed E-state index contributed by atoms with van der Waals surface area (Å²) in [7, 11) is 0. The fourth-order valence-electron chi connectivity index (χ4n) is 2.09. The molecule has 19 heavy (non-hydrogen) atoms. The van der Waals surface area contributed by atoms with Crippen LogP contribution in [0.3, 0.4) is 0 Å². The maximum atomic E-state index is 9.76. The molecule has 0 aliphatic rings. The van der Waals surface area contributed by atoms with Crippen LogP contribution in [0, 0.1) is 0 Å². The van der Waals surface area contributed by atoms with Gasteiger partial charge in [-0.2, -0.15) is 0 Å². The summed E-state index contributed by atoms with van der Waals surface area (Å²) >= 11 is 0. The van der Waals surface area contributed by atoms with Gasteiger partial charge in [-0.25, -0.2) is 0 Å². The van der Waals surface area contributed by atoms with Gasteiger partial charge in [-0.3, -0.25) is 4.98 Å². The van der Waals surface area contributed by atoms with Crippen LogP contribution in [-0.2, 0) is 0 Å². The van der Waals surface area contributed by atoms with Gasteiger partial charge in [0.25, 0.3) is 0 Å². The zero-order valence-electron chi connectivity index (χ0n) is 11.5. The number of aliphatic hydroxyl groups is 1. The summed E-state index contributed by atoms with van der Waals surface area (Å²) in [6, 6.07) is 14.1. The van der Waals surface area contributed by atoms with Gasteiger partial charge in [-0.1, -0.05) is 25.1 Å². The summed E-state index contributed by atoms with van der Waals surface area (Å²) in [5.74, 6) is 0. The molecule has 1 heterocycles. The number of pyridine rings is 1. The Balaban J connectivity index is 2.25. The normalized spacial score (nSPS) is 12.2. The first kappa shape index (κ1) is 13.6. The number of para-hydroxylation sites is 1. The van der Waals surface area contributed by atoms with E-state index in [1.807, 2.05) is 43.5 Å². The average molecular weight is 256 g/mol. The largest absolute Gasteiger partial charge is 0.387 e. The van der Waals surface area contributed by atoms with Gasteiger partial charge in [0.2, 0.25) is 0 Å². The molecule has 2 rings (SSSR count). The zero-order chi connectivity index (χ0) is 13.7. The molecule has 0 amide bonds. The molecule has 0 aliphatic carbocycles. The minimum absolute atomic E-state index is 0.471. The maximum absolute atomic E-state index is 9.76. The molecule has 0 unspecified atom stereocenters. The lowest BCUT2D eigenvalue weighted by molar-refractivity contribution is 0.169. The summed E-state index contributed by atoms with van der Waals surface area (Å²) in [5, 5.41) is 9.76. The number of aliphatic hydroxyl groups excluding tert-OH is 1. The van der Waals surface area contributed by atoms with E-state index in [9.17, 15) is 5.11 Å². The van der Waals surface area contributed by atoms with Gasteiger partial charge in [0.05, 0.1) is 23.7 Å². The minimum atomic E-state index is -0.471. The molecule has 0 fully saturated rings. The van der Waals surface area contributed by atoms with E-state index in [1.165, 1.54) is 0 Å². The Kier molecular flexibility index (Phi) is 4.53. The molecule has 0 spiro atoms. The molecule has 0 saturated carbocycles. The van der Waals surface area contributed by atoms with E-state index in [-0.39, 0.29) is 0 Å². The van der Waals surface area contributed by atoms with Crippen LogP contribution >= 0.6 is 0 Å². The first-order valence-electron chi connectivity index (χ1n) is 6.72. The highest BCUT2D eigenvalue weighted by atomic mass is 16.3. The summed E-state index contributed by atoms with van der Waals surface area (Å²) in [4.78, 5) is 6.54. The Hall–Kier alpha value is -1.87. The van der Waals surface area contributed by atoms with Gasteiger partial charge >= 0.3 is 0 Å². The molecule has 2 aromatic rings. The summed E-state index contributed by atoms with van der Waals surface area (Å²) in [5.41, 5.74) is 2.92. The number of nitrogens with zero attached hydrogens (tertiary/aromatic N) is 2. The van der Waals surface area contributed by atoms with Crippen molar-refractivity contribution in [1.82, 2.24) is 4.98 Å². The number of anilines is 2. The first-order valence-corrected chi connectivity index (χ1v) is 6.72. The molecule has 0 bridgehead atoms. The molecule has 100 valence electrons. The van der Waals surface area contributed by atoms with E-state index in [1.54, 1.807) is 0 Å². The summed E-state index contributed by atoms with van der Waals surface area (Å²) < 4.78 is 0. The lowest BCUT2D eigenvalue weighted by Gasteiger charge is -2.23. The second-order valence-electron chi connectivity index (χ2n) is 4.45. The van der Waals surface area contributed by atoms with Crippen LogP contribution in [0.25, 0.3) is 0 Å². The Labute approximate surface area is 114 Å². The molecule has 1 atom stereocenters. The predicted molar refractivity (Wildman–Crippen MR) is 78.6 cm³/mol. The van der Waals surface area contributed by atoms with E-state index < -0.39 is 6.10 Å². The SMILES string of the molecule is CC[C@H](O)c1ccc(N(CC)c2ccccc2)cn1. The van der Waals surface area contributed by atoms with E-state index in [2.05, 4.69) is 28.9 Å². The molecule has 0 aliphatic heterocycles. The van der Waals surface area contributed by atoms with Crippen molar-refractivity contribution in [2.24, 2.45) is 0 Å². The van der Waals surface area contributed by atoms with Gasteiger partial charge in [0.1, 0.15) is 0 Å². The third kappa shape index (κ3) is 3.12. The number of hydrogen-bond acceptors (Lipinski definition) is 3. The Morgan fingerprint density at radius 3 is 2.32 bits per heavy atom. The van der Waals surface area contributed by atoms with Crippen LogP contribution < -0.4 is 4.90 Å². The fourth-order valence-corrected chi connectivity index (χ4v) is 2.09.